The van der Waals surface area contributed by atoms with E-state index in [4.69, 9.17) is 0 Å². The Morgan fingerprint density at radius 3 is 2.26 bits per heavy atom. The Bertz CT molecular complexity index is 1170. The zero-order chi connectivity index (χ0) is 25.0. The van der Waals surface area contributed by atoms with Gasteiger partial charge in [0.05, 0.1) is 5.56 Å². The number of alkyl halides is 3. The topological polar surface area (TPSA) is 49.4 Å². The molecule has 0 bridgehead atoms. The van der Waals surface area contributed by atoms with Crippen molar-refractivity contribution in [3.05, 3.63) is 107 Å². The van der Waals surface area contributed by atoms with Crippen LogP contribution >= 0.6 is 11.8 Å². The van der Waals surface area contributed by atoms with Crippen molar-refractivity contribution < 1.29 is 22.8 Å². The molecule has 1 fully saturated rings. The summed E-state index contributed by atoms with van der Waals surface area (Å²) < 4.78 is 39.1. The molecule has 0 saturated carbocycles. The summed E-state index contributed by atoms with van der Waals surface area (Å²) in [6, 6.07) is 20.8. The quantitative estimate of drug-likeness (QED) is 0.479. The summed E-state index contributed by atoms with van der Waals surface area (Å²) in [5.74, 6) is -0.257. The van der Waals surface area contributed by atoms with Crippen molar-refractivity contribution in [1.82, 2.24) is 10.2 Å². The Morgan fingerprint density at radius 1 is 0.971 bits per heavy atom. The summed E-state index contributed by atoms with van der Waals surface area (Å²) in [6.45, 7) is 2.33. The van der Waals surface area contributed by atoms with Crippen LogP contribution in [0.5, 0.6) is 0 Å². The largest absolute Gasteiger partial charge is 0.416 e. The van der Waals surface area contributed by atoms with E-state index in [1.807, 2.05) is 49.4 Å². The Morgan fingerprint density at radius 2 is 1.63 bits per heavy atom. The Balaban J connectivity index is 1.56. The molecule has 3 aromatic carbocycles. The first-order valence-corrected chi connectivity index (χ1v) is 12.3. The van der Waals surface area contributed by atoms with Gasteiger partial charge in [-0.2, -0.15) is 13.2 Å². The minimum Gasteiger partial charge on any atom is -0.354 e. The molecule has 0 aromatic heterocycles. The number of carbonyl (C=O) groups is 2. The van der Waals surface area contributed by atoms with Gasteiger partial charge in [0.25, 0.3) is 5.91 Å². The van der Waals surface area contributed by atoms with Gasteiger partial charge < -0.3 is 10.2 Å². The normalized spacial score (nSPS) is 17.9. The maximum absolute atomic E-state index is 13.5. The van der Waals surface area contributed by atoms with E-state index < -0.39 is 23.2 Å². The van der Waals surface area contributed by atoms with Crippen LogP contribution in [-0.2, 0) is 17.4 Å². The van der Waals surface area contributed by atoms with Crippen molar-refractivity contribution in [2.45, 2.75) is 30.9 Å². The Labute approximate surface area is 206 Å². The highest BCUT2D eigenvalue weighted by atomic mass is 32.2. The van der Waals surface area contributed by atoms with E-state index in [9.17, 15) is 22.8 Å². The first kappa shape index (κ1) is 24.9. The predicted octanol–water partition coefficient (Wildman–Crippen LogP) is 5.63. The molecule has 1 aliphatic heterocycles. The standard InChI is InChI=1S/C27H25F3N2O2S/c1-18-7-9-20(10-8-18)25(34)32-23(24(33)31-16-15-19-5-3-2-4-6-19)17-35-26(32)21-11-13-22(14-12-21)27(28,29)30/h2-14,23,26H,15-17H2,1H3,(H,31,33). The van der Waals surface area contributed by atoms with Crippen molar-refractivity contribution in [2.24, 2.45) is 0 Å². The fourth-order valence-corrected chi connectivity index (χ4v) is 5.42. The summed E-state index contributed by atoms with van der Waals surface area (Å²) in [6.07, 6.45) is -3.79. The minimum absolute atomic E-state index is 0.275. The maximum Gasteiger partial charge on any atom is 0.416 e. The second kappa shape index (κ2) is 10.6. The second-order valence-electron chi connectivity index (χ2n) is 8.43. The molecule has 2 atom stereocenters. The molecule has 8 heteroatoms. The SMILES string of the molecule is Cc1ccc(C(=O)N2C(C(=O)NCCc3ccccc3)CSC2c2ccc(C(F)(F)F)cc2)cc1. The molecule has 1 N–H and O–H groups in total. The number of thioether (sulfide) groups is 1. The van der Waals surface area contributed by atoms with E-state index in [1.54, 1.807) is 12.1 Å². The van der Waals surface area contributed by atoms with E-state index in [0.29, 0.717) is 29.8 Å². The number of nitrogens with zero attached hydrogens (tertiary/aromatic N) is 1. The summed E-state index contributed by atoms with van der Waals surface area (Å²) in [7, 11) is 0. The number of carbonyl (C=O) groups excluding carboxylic acids is 2. The molecule has 1 saturated heterocycles. The van der Waals surface area contributed by atoms with Gasteiger partial charge in [-0.3, -0.25) is 9.59 Å². The van der Waals surface area contributed by atoms with Crippen LogP contribution in [0.15, 0.2) is 78.9 Å². The molecule has 35 heavy (non-hydrogen) atoms. The lowest BCUT2D eigenvalue weighted by atomic mass is 10.1. The predicted molar refractivity (Wildman–Crippen MR) is 131 cm³/mol. The lowest BCUT2D eigenvalue weighted by Gasteiger charge is -2.29. The molecule has 0 radical (unpaired) electrons. The molecule has 0 aliphatic carbocycles. The molecule has 4 nitrogen and oxygen atoms in total. The smallest absolute Gasteiger partial charge is 0.354 e. The van der Waals surface area contributed by atoms with E-state index in [-0.39, 0.29) is 11.8 Å². The summed E-state index contributed by atoms with van der Waals surface area (Å²) in [5, 5.41) is 2.35. The molecule has 3 aromatic rings. The van der Waals surface area contributed by atoms with Crippen molar-refractivity contribution in [3.63, 3.8) is 0 Å². The highest BCUT2D eigenvalue weighted by Crippen LogP contribution is 2.43. The number of halogens is 3. The van der Waals surface area contributed by atoms with E-state index >= 15 is 0 Å². The monoisotopic (exact) mass is 498 g/mol. The molecule has 2 unspecified atom stereocenters. The van der Waals surface area contributed by atoms with Crippen molar-refractivity contribution in [3.8, 4) is 0 Å². The van der Waals surface area contributed by atoms with Crippen molar-refractivity contribution >= 4 is 23.6 Å². The van der Waals surface area contributed by atoms with Gasteiger partial charge in [0.2, 0.25) is 5.91 Å². The average molecular weight is 499 g/mol. The number of hydrogen-bond donors (Lipinski definition) is 1. The van der Waals surface area contributed by atoms with Gasteiger partial charge in [-0.15, -0.1) is 11.8 Å². The maximum atomic E-state index is 13.5. The van der Waals surface area contributed by atoms with Gasteiger partial charge in [-0.1, -0.05) is 60.2 Å². The van der Waals surface area contributed by atoms with Crippen molar-refractivity contribution in [1.29, 1.82) is 0 Å². The van der Waals surface area contributed by atoms with Crippen LogP contribution in [0.3, 0.4) is 0 Å². The molecular formula is C27H25F3N2O2S. The molecule has 0 spiro atoms. The first-order chi connectivity index (χ1) is 16.7. The lowest BCUT2D eigenvalue weighted by molar-refractivity contribution is -0.137. The van der Waals surface area contributed by atoms with Gasteiger partial charge >= 0.3 is 6.18 Å². The van der Waals surface area contributed by atoms with E-state index in [1.165, 1.54) is 28.8 Å². The minimum atomic E-state index is -4.44. The number of nitrogens with one attached hydrogen (secondary N) is 1. The van der Waals surface area contributed by atoms with Gasteiger partial charge in [-0.25, -0.2) is 0 Å². The highest BCUT2D eigenvalue weighted by Gasteiger charge is 2.42. The fraction of sp³-hybridized carbons (Fsp3) is 0.259. The van der Waals surface area contributed by atoms with Crippen LogP contribution in [0.25, 0.3) is 0 Å². The summed E-state index contributed by atoms with van der Waals surface area (Å²) >= 11 is 1.37. The average Bonchev–Trinajstić information content (AvgIpc) is 3.29. The molecule has 2 amide bonds. The third-order valence-electron chi connectivity index (χ3n) is 5.91. The summed E-state index contributed by atoms with van der Waals surface area (Å²) in [5.41, 5.74) is 2.30. The fourth-order valence-electron chi connectivity index (χ4n) is 3.99. The van der Waals surface area contributed by atoms with Crippen LogP contribution < -0.4 is 5.32 Å². The van der Waals surface area contributed by atoms with Gasteiger partial charge in [0.1, 0.15) is 11.4 Å². The number of aryl methyl sites for hydroxylation is 1. The molecular weight excluding hydrogens is 473 g/mol. The number of benzene rings is 3. The third-order valence-corrected chi connectivity index (χ3v) is 7.24. The molecule has 182 valence electrons. The molecule has 1 heterocycles. The van der Waals surface area contributed by atoms with Crippen LogP contribution in [0, 0.1) is 6.92 Å². The zero-order valence-corrected chi connectivity index (χ0v) is 19.9. The Kier molecular flexibility index (Phi) is 7.50. The van der Waals surface area contributed by atoms with Crippen LogP contribution in [-0.4, -0.2) is 35.1 Å². The van der Waals surface area contributed by atoms with Crippen LogP contribution in [0.2, 0.25) is 0 Å². The van der Waals surface area contributed by atoms with Gasteiger partial charge in [0.15, 0.2) is 0 Å². The number of amides is 2. The summed E-state index contributed by atoms with van der Waals surface area (Å²) in [4.78, 5) is 28.2. The van der Waals surface area contributed by atoms with Gasteiger partial charge in [0, 0.05) is 17.9 Å². The Hall–Kier alpha value is -3.26. The number of hydrogen-bond acceptors (Lipinski definition) is 3. The van der Waals surface area contributed by atoms with E-state index in [0.717, 1.165) is 23.3 Å². The van der Waals surface area contributed by atoms with Crippen LogP contribution in [0.4, 0.5) is 13.2 Å². The molecule has 4 rings (SSSR count). The third kappa shape index (κ3) is 5.88. The number of rotatable bonds is 6. The first-order valence-electron chi connectivity index (χ1n) is 11.2. The van der Waals surface area contributed by atoms with Crippen molar-refractivity contribution in [2.75, 3.05) is 12.3 Å². The highest BCUT2D eigenvalue weighted by molar-refractivity contribution is 7.99. The van der Waals surface area contributed by atoms with E-state index in [2.05, 4.69) is 5.32 Å². The zero-order valence-electron chi connectivity index (χ0n) is 19.1. The van der Waals surface area contributed by atoms with Crippen LogP contribution in [0.1, 0.15) is 38.0 Å². The molecule has 1 aliphatic rings. The van der Waals surface area contributed by atoms with Gasteiger partial charge in [-0.05, 0) is 48.7 Å². The lowest BCUT2D eigenvalue weighted by Crippen LogP contribution is -2.48. The second-order valence-corrected chi connectivity index (χ2v) is 9.54.